The van der Waals surface area contributed by atoms with Crippen molar-refractivity contribution in [3.8, 4) is 12.3 Å². The van der Waals surface area contributed by atoms with Crippen LogP contribution in [0.25, 0.3) is 0 Å². The molecular formula is C12H12N2O3. The molecule has 0 aliphatic rings. The van der Waals surface area contributed by atoms with Gasteiger partial charge < -0.3 is 5.32 Å². The smallest absolute Gasteiger partial charge is 0.285 e. The number of hydrogen-bond acceptors (Lipinski definition) is 3. The summed E-state index contributed by atoms with van der Waals surface area (Å²) in [5.74, 6) is 1.88. The second-order valence-corrected chi connectivity index (χ2v) is 3.39. The lowest BCUT2D eigenvalue weighted by Gasteiger charge is -2.04. The Morgan fingerprint density at radius 1 is 1.59 bits per heavy atom. The number of nitro benzene ring substituents is 1. The zero-order chi connectivity index (χ0) is 12.8. The Balaban J connectivity index is 3.05. The van der Waals surface area contributed by atoms with Crippen LogP contribution in [-0.4, -0.2) is 17.4 Å². The number of carbonyl (C=O) groups is 1. The molecule has 0 fully saturated rings. The summed E-state index contributed by atoms with van der Waals surface area (Å²) < 4.78 is 0. The van der Waals surface area contributed by atoms with Crippen molar-refractivity contribution in [2.75, 3.05) is 6.54 Å². The number of rotatable bonds is 4. The molecule has 0 heterocycles. The lowest BCUT2D eigenvalue weighted by atomic mass is 10.1. The molecule has 1 rings (SSSR count). The Morgan fingerprint density at radius 2 is 2.29 bits per heavy atom. The molecule has 0 atom stereocenters. The maximum Gasteiger partial charge on any atom is 0.285 e. The number of hydrogen-bond donors (Lipinski definition) is 1. The van der Waals surface area contributed by atoms with E-state index in [0.29, 0.717) is 6.54 Å². The van der Waals surface area contributed by atoms with Crippen molar-refractivity contribution < 1.29 is 9.72 Å². The lowest BCUT2D eigenvalue weighted by molar-refractivity contribution is -0.385. The van der Waals surface area contributed by atoms with Gasteiger partial charge in [-0.05, 0) is 18.6 Å². The zero-order valence-electron chi connectivity index (χ0n) is 9.40. The molecule has 0 aliphatic carbocycles. The van der Waals surface area contributed by atoms with Crippen LogP contribution in [0.4, 0.5) is 5.69 Å². The third-order valence-corrected chi connectivity index (χ3v) is 2.15. The lowest BCUT2D eigenvalue weighted by Crippen LogP contribution is -2.24. The van der Waals surface area contributed by atoms with E-state index in [-0.39, 0.29) is 22.7 Å². The molecule has 1 aromatic rings. The van der Waals surface area contributed by atoms with Crippen LogP contribution < -0.4 is 5.32 Å². The van der Waals surface area contributed by atoms with E-state index in [2.05, 4.69) is 11.2 Å². The first-order valence-corrected chi connectivity index (χ1v) is 5.13. The van der Waals surface area contributed by atoms with Gasteiger partial charge in [0.25, 0.3) is 11.6 Å². The number of nitrogens with zero attached hydrogens (tertiary/aromatic N) is 1. The van der Waals surface area contributed by atoms with Crippen LogP contribution in [0.5, 0.6) is 0 Å². The van der Waals surface area contributed by atoms with Crippen molar-refractivity contribution in [3.05, 3.63) is 39.4 Å². The maximum absolute atomic E-state index is 11.6. The van der Waals surface area contributed by atoms with Crippen LogP contribution in [0.15, 0.2) is 18.2 Å². The van der Waals surface area contributed by atoms with E-state index in [1.165, 1.54) is 18.2 Å². The largest absolute Gasteiger partial charge is 0.352 e. The van der Waals surface area contributed by atoms with Gasteiger partial charge in [-0.2, -0.15) is 0 Å². The van der Waals surface area contributed by atoms with Crippen molar-refractivity contribution in [2.45, 2.75) is 13.3 Å². The van der Waals surface area contributed by atoms with E-state index in [0.717, 1.165) is 6.42 Å². The van der Waals surface area contributed by atoms with Crippen LogP contribution in [0.3, 0.4) is 0 Å². The summed E-state index contributed by atoms with van der Waals surface area (Å²) >= 11 is 0. The summed E-state index contributed by atoms with van der Waals surface area (Å²) in [5.41, 5.74) is 0.183. The first-order valence-electron chi connectivity index (χ1n) is 5.13. The molecule has 1 amide bonds. The third-order valence-electron chi connectivity index (χ3n) is 2.15. The van der Waals surface area contributed by atoms with E-state index in [4.69, 9.17) is 6.42 Å². The highest BCUT2D eigenvalue weighted by atomic mass is 16.6. The number of benzene rings is 1. The Morgan fingerprint density at radius 3 is 2.82 bits per heavy atom. The van der Waals surface area contributed by atoms with Crippen molar-refractivity contribution in [1.29, 1.82) is 0 Å². The SMILES string of the molecule is C#Cc1ccc(C(=O)NCCC)cc1[N+](=O)[O-]. The number of nitrogens with one attached hydrogen (secondary N) is 1. The second kappa shape index (κ2) is 5.66. The highest BCUT2D eigenvalue weighted by Crippen LogP contribution is 2.19. The monoisotopic (exact) mass is 232 g/mol. The predicted molar refractivity (Wildman–Crippen MR) is 63.7 cm³/mol. The number of terminal acetylenes is 1. The third kappa shape index (κ3) is 3.05. The Hall–Kier alpha value is -2.35. The van der Waals surface area contributed by atoms with Crippen LogP contribution in [0.2, 0.25) is 0 Å². The second-order valence-electron chi connectivity index (χ2n) is 3.39. The number of amides is 1. The molecule has 0 unspecified atom stereocenters. The first kappa shape index (κ1) is 12.7. The molecule has 0 bridgehead atoms. The first-order chi connectivity index (χ1) is 8.10. The predicted octanol–water partition coefficient (Wildman–Crippen LogP) is 1.72. The molecule has 1 N–H and O–H groups in total. The number of nitro groups is 1. The van der Waals surface area contributed by atoms with E-state index >= 15 is 0 Å². The molecule has 0 aromatic heterocycles. The summed E-state index contributed by atoms with van der Waals surface area (Å²) in [6.07, 6.45) is 5.94. The van der Waals surface area contributed by atoms with Gasteiger partial charge in [-0.15, -0.1) is 6.42 Å². The van der Waals surface area contributed by atoms with Gasteiger partial charge in [0, 0.05) is 18.2 Å². The van der Waals surface area contributed by atoms with Gasteiger partial charge in [-0.25, -0.2) is 0 Å². The standard InChI is InChI=1S/C12H12N2O3/c1-3-7-13-12(15)10-6-5-9(4-2)11(8-10)14(16)17/h2,5-6,8H,3,7H2,1H3,(H,13,15). The highest BCUT2D eigenvalue weighted by Gasteiger charge is 2.15. The van der Waals surface area contributed by atoms with Gasteiger partial charge in [0.15, 0.2) is 0 Å². The molecule has 17 heavy (non-hydrogen) atoms. The van der Waals surface area contributed by atoms with E-state index in [9.17, 15) is 14.9 Å². The van der Waals surface area contributed by atoms with Gasteiger partial charge >= 0.3 is 0 Å². The van der Waals surface area contributed by atoms with E-state index < -0.39 is 4.92 Å². The quantitative estimate of drug-likeness (QED) is 0.488. The van der Waals surface area contributed by atoms with Crippen molar-refractivity contribution in [2.24, 2.45) is 0 Å². The fourth-order valence-corrected chi connectivity index (χ4v) is 1.29. The summed E-state index contributed by atoms with van der Waals surface area (Å²) in [6.45, 7) is 2.45. The molecule has 5 nitrogen and oxygen atoms in total. The maximum atomic E-state index is 11.6. The Bertz CT molecular complexity index is 489. The zero-order valence-corrected chi connectivity index (χ0v) is 9.40. The molecule has 0 aliphatic heterocycles. The van der Waals surface area contributed by atoms with E-state index in [1.807, 2.05) is 6.92 Å². The van der Waals surface area contributed by atoms with Crippen LogP contribution in [0, 0.1) is 22.5 Å². The summed E-state index contributed by atoms with van der Waals surface area (Å²) in [6, 6.07) is 4.08. The summed E-state index contributed by atoms with van der Waals surface area (Å²) in [5, 5.41) is 13.4. The average molecular weight is 232 g/mol. The highest BCUT2D eigenvalue weighted by molar-refractivity contribution is 5.95. The molecule has 0 spiro atoms. The Labute approximate surface area is 99.0 Å². The minimum Gasteiger partial charge on any atom is -0.352 e. The minimum atomic E-state index is -0.591. The molecule has 88 valence electrons. The summed E-state index contributed by atoms with van der Waals surface area (Å²) in [4.78, 5) is 21.7. The van der Waals surface area contributed by atoms with Gasteiger partial charge in [-0.3, -0.25) is 14.9 Å². The Kier molecular flexibility index (Phi) is 4.23. The van der Waals surface area contributed by atoms with Gasteiger partial charge in [-0.1, -0.05) is 12.8 Å². The average Bonchev–Trinajstić information content (AvgIpc) is 2.34. The molecule has 0 saturated heterocycles. The van der Waals surface area contributed by atoms with Crippen LogP contribution in [-0.2, 0) is 0 Å². The topological polar surface area (TPSA) is 72.2 Å². The molecule has 5 heteroatoms. The van der Waals surface area contributed by atoms with Gasteiger partial charge in [0.2, 0.25) is 0 Å². The van der Waals surface area contributed by atoms with Gasteiger partial charge in [0.05, 0.1) is 4.92 Å². The normalized spacial score (nSPS) is 9.41. The van der Waals surface area contributed by atoms with Crippen LogP contribution >= 0.6 is 0 Å². The van der Waals surface area contributed by atoms with Crippen molar-refractivity contribution in [3.63, 3.8) is 0 Å². The fourth-order valence-electron chi connectivity index (χ4n) is 1.29. The molecule has 0 radical (unpaired) electrons. The van der Waals surface area contributed by atoms with Gasteiger partial charge in [0.1, 0.15) is 5.56 Å². The fraction of sp³-hybridized carbons (Fsp3) is 0.250. The molecule has 1 aromatic carbocycles. The van der Waals surface area contributed by atoms with Crippen LogP contribution in [0.1, 0.15) is 29.3 Å². The van der Waals surface area contributed by atoms with Crippen molar-refractivity contribution in [1.82, 2.24) is 5.32 Å². The molecule has 0 saturated carbocycles. The van der Waals surface area contributed by atoms with E-state index in [1.54, 1.807) is 0 Å². The molecular weight excluding hydrogens is 220 g/mol. The number of carbonyl (C=O) groups excluding carboxylic acids is 1. The summed E-state index contributed by atoms with van der Waals surface area (Å²) in [7, 11) is 0. The minimum absolute atomic E-state index is 0.169. The van der Waals surface area contributed by atoms with Crippen molar-refractivity contribution >= 4 is 11.6 Å².